The van der Waals surface area contributed by atoms with Crippen molar-refractivity contribution >= 4 is 5.97 Å². The van der Waals surface area contributed by atoms with Crippen molar-refractivity contribution in [2.24, 2.45) is 0 Å². The third-order valence-electron chi connectivity index (χ3n) is 2.13. The van der Waals surface area contributed by atoms with Gasteiger partial charge in [-0.25, -0.2) is 9.18 Å². The van der Waals surface area contributed by atoms with E-state index in [1.807, 2.05) is 0 Å². The monoisotopic (exact) mass is 223 g/mol. The van der Waals surface area contributed by atoms with E-state index in [1.165, 1.54) is 19.2 Å². The molecule has 1 unspecified atom stereocenters. The second-order valence-corrected chi connectivity index (χ2v) is 3.19. The third-order valence-corrected chi connectivity index (χ3v) is 2.13. The number of hydrogen-bond acceptors (Lipinski definition) is 3. The normalized spacial score (nSPS) is 11.8. The highest BCUT2D eigenvalue weighted by molar-refractivity contribution is 5.72. The van der Waals surface area contributed by atoms with E-state index in [-0.39, 0.29) is 12.0 Å². The SMILES string of the molecule is COC(Cc1ccc(F)c(C#N)c1)C(=O)O. The van der Waals surface area contributed by atoms with Gasteiger partial charge in [-0.05, 0) is 17.7 Å². The average molecular weight is 223 g/mol. The maximum absolute atomic E-state index is 13.0. The molecular formula is C11H10FNO3. The number of carbonyl (C=O) groups is 1. The molecule has 0 heterocycles. The first-order valence-electron chi connectivity index (χ1n) is 4.52. The Kier molecular flexibility index (Phi) is 3.97. The van der Waals surface area contributed by atoms with Crippen molar-refractivity contribution in [3.8, 4) is 6.07 Å². The van der Waals surface area contributed by atoms with Gasteiger partial charge in [0.25, 0.3) is 0 Å². The van der Waals surface area contributed by atoms with Crippen LogP contribution in [0.4, 0.5) is 4.39 Å². The fourth-order valence-corrected chi connectivity index (χ4v) is 1.27. The van der Waals surface area contributed by atoms with E-state index >= 15 is 0 Å². The molecule has 1 aromatic rings. The molecule has 1 N–H and O–H groups in total. The van der Waals surface area contributed by atoms with Gasteiger partial charge in [-0.2, -0.15) is 5.26 Å². The summed E-state index contributed by atoms with van der Waals surface area (Å²) in [5, 5.41) is 17.4. The molecule has 0 saturated heterocycles. The first-order chi connectivity index (χ1) is 7.58. The van der Waals surface area contributed by atoms with E-state index < -0.39 is 17.9 Å². The Morgan fingerprint density at radius 3 is 2.88 bits per heavy atom. The molecule has 0 aliphatic carbocycles. The molecule has 84 valence electrons. The zero-order valence-electron chi connectivity index (χ0n) is 8.61. The smallest absolute Gasteiger partial charge is 0.333 e. The lowest BCUT2D eigenvalue weighted by atomic mass is 10.0. The number of carboxylic acid groups (broad SMARTS) is 1. The number of benzene rings is 1. The molecule has 4 nitrogen and oxygen atoms in total. The van der Waals surface area contributed by atoms with Crippen molar-refractivity contribution in [2.45, 2.75) is 12.5 Å². The number of nitrogens with zero attached hydrogens (tertiary/aromatic N) is 1. The number of halogens is 1. The predicted octanol–water partition coefficient (Wildman–Crippen LogP) is 1.34. The van der Waals surface area contributed by atoms with E-state index in [0.29, 0.717) is 5.56 Å². The molecule has 0 radical (unpaired) electrons. The van der Waals surface area contributed by atoms with Gasteiger partial charge in [-0.15, -0.1) is 0 Å². The molecule has 0 fully saturated rings. The van der Waals surface area contributed by atoms with Crippen molar-refractivity contribution < 1.29 is 19.0 Å². The molecule has 0 spiro atoms. The van der Waals surface area contributed by atoms with Crippen LogP contribution in [0.5, 0.6) is 0 Å². The van der Waals surface area contributed by atoms with Gasteiger partial charge in [0.05, 0.1) is 5.56 Å². The summed E-state index contributed by atoms with van der Waals surface area (Å²) < 4.78 is 17.7. The van der Waals surface area contributed by atoms with Crippen LogP contribution in [-0.2, 0) is 16.0 Å². The summed E-state index contributed by atoms with van der Waals surface area (Å²) >= 11 is 0. The van der Waals surface area contributed by atoms with E-state index in [4.69, 9.17) is 15.1 Å². The molecule has 0 aliphatic heterocycles. The second-order valence-electron chi connectivity index (χ2n) is 3.19. The van der Waals surface area contributed by atoms with Gasteiger partial charge < -0.3 is 9.84 Å². The Bertz CT molecular complexity index is 439. The summed E-state index contributed by atoms with van der Waals surface area (Å²) in [5.41, 5.74) is 0.449. The summed E-state index contributed by atoms with van der Waals surface area (Å²) in [5.74, 6) is -1.71. The number of aliphatic carboxylic acids is 1. The van der Waals surface area contributed by atoms with Crippen molar-refractivity contribution in [3.05, 3.63) is 35.1 Å². The minimum atomic E-state index is -1.09. The quantitative estimate of drug-likeness (QED) is 0.836. The molecule has 1 rings (SSSR count). The molecular weight excluding hydrogens is 213 g/mol. The van der Waals surface area contributed by atoms with Crippen LogP contribution in [-0.4, -0.2) is 24.3 Å². The summed E-state index contributed by atoms with van der Waals surface area (Å²) in [7, 11) is 1.29. The van der Waals surface area contributed by atoms with Crippen LogP contribution in [0.25, 0.3) is 0 Å². The Balaban J connectivity index is 2.90. The largest absolute Gasteiger partial charge is 0.479 e. The zero-order valence-corrected chi connectivity index (χ0v) is 8.61. The molecule has 1 aromatic carbocycles. The summed E-state index contributed by atoms with van der Waals surface area (Å²) in [6.45, 7) is 0. The van der Waals surface area contributed by atoms with Gasteiger partial charge in [-0.1, -0.05) is 6.07 Å². The highest BCUT2D eigenvalue weighted by Gasteiger charge is 2.17. The molecule has 0 amide bonds. The van der Waals surface area contributed by atoms with Crippen LogP contribution in [0.2, 0.25) is 0 Å². The van der Waals surface area contributed by atoms with Crippen molar-refractivity contribution in [2.75, 3.05) is 7.11 Å². The lowest BCUT2D eigenvalue weighted by molar-refractivity contribution is -0.148. The topological polar surface area (TPSA) is 70.3 Å². The van der Waals surface area contributed by atoms with Crippen LogP contribution in [0.1, 0.15) is 11.1 Å². The van der Waals surface area contributed by atoms with E-state index in [1.54, 1.807) is 6.07 Å². The molecule has 0 saturated carbocycles. The number of ether oxygens (including phenoxy) is 1. The Labute approximate surface area is 91.9 Å². The fourth-order valence-electron chi connectivity index (χ4n) is 1.27. The maximum Gasteiger partial charge on any atom is 0.333 e. The maximum atomic E-state index is 13.0. The van der Waals surface area contributed by atoms with Gasteiger partial charge in [-0.3, -0.25) is 0 Å². The van der Waals surface area contributed by atoms with Gasteiger partial charge >= 0.3 is 5.97 Å². The Hall–Kier alpha value is -1.93. The number of hydrogen-bond donors (Lipinski definition) is 1. The third kappa shape index (κ3) is 2.78. The first-order valence-corrected chi connectivity index (χ1v) is 4.52. The molecule has 1 atom stereocenters. The number of rotatable bonds is 4. The van der Waals surface area contributed by atoms with E-state index in [9.17, 15) is 9.18 Å². The van der Waals surface area contributed by atoms with Crippen molar-refractivity contribution in [1.29, 1.82) is 5.26 Å². The van der Waals surface area contributed by atoms with Crippen LogP contribution < -0.4 is 0 Å². The fraction of sp³-hybridized carbons (Fsp3) is 0.273. The minimum Gasteiger partial charge on any atom is -0.479 e. The lowest BCUT2D eigenvalue weighted by Crippen LogP contribution is -2.24. The van der Waals surface area contributed by atoms with E-state index in [0.717, 1.165) is 6.07 Å². The number of carboxylic acids is 1. The van der Waals surface area contributed by atoms with Gasteiger partial charge in [0, 0.05) is 13.5 Å². The summed E-state index contributed by atoms with van der Waals surface area (Å²) in [4.78, 5) is 10.7. The van der Waals surface area contributed by atoms with Gasteiger partial charge in [0.1, 0.15) is 11.9 Å². The first kappa shape index (κ1) is 12.1. The van der Waals surface area contributed by atoms with E-state index in [2.05, 4.69) is 0 Å². The molecule has 5 heteroatoms. The van der Waals surface area contributed by atoms with Gasteiger partial charge in [0.2, 0.25) is 0 Å². The standard InChI is InChI=1S/C11H10FNO3/c1-16-10(11(14)15)5-7-2-3-9(12)8(4-7)6-13/h2-4,10H,5H2,1H3,(H,14,15). The Morgan fingerprint density at radius 1 is 1.69 bits per heavy atom. The highest BCUT2D eigenvalue weighted by atomic mass is 19.1. The minimum absolute atomic E-state index is 0.0980. The van der Waals surface area contributed by atoms with Crippen LogP contribution in [0.15, 0.2) is 18.2 Å². The van der Waals surface area contributed by atoms with Crippen LogP contribution >= 0.6 is 0 Å². The second kappa shape index (κ2) is 5.24. The molecule has 16 heavy (non-hydrogen) atoms. The molecule has 0 aliphatic rings. The summed E-state index contributed by atoms with van der Waals surface area (Å²) in [6, 6.07) is 5.59. The lowest BCUT2D eigenvalue weighted by Gasteiger charge is -2.10. The average Bonchev–Trinajstić information content (AvgIpc) is 2.27. The number of nitriles is 1. The van der Waals surface area contributed by atoms with Crippen molar-refractivity contribution in [3.63, 3.8) is 0 Å². The van der Waals surface area contributed by atoms with Crippen molar-refractivity contribution in [1.82, 2.24) is 0 Å². The highest BCUT2D eigenvalue weighted by Crippen LogP contribution is 2.12. The van der Waals surface area contributed by atoms with Crippen LogP contribution in [0.3, 0.4) is 0 Å². The predicted molar refractivity (Wildman–Crippen MR) is 53.3 cm³/mol. The molecule has 0 aromatic heterocycles. The zero-order chi connectivity index (χ0) is 12.1. The van der Waals surface area contributed by atoms with Crippen LogP contribution in [0, 0.1) is 17.1 Å². The molecule has 0 bridgehead atoms. The number of methoxy groups -OCH3 is 1. The Morgan fingerprint density at radius 2 is 2.38 bits per heavy atom. The van der Waals surface area contributed by atoms with Gasteiger partial charge in [0.15, 0.2) is 6.10 Å². The summed E-state index contributed by atoms with van der Waals surface area (Å²) in [6.07, 6.45) is -0.891.